The van der Waals surface area contributed by atoms with E-state index in [0.29, 0.717) is 51.2 Å². The fraction of sp³-hybridized carbons (Fsp3) is 0.444. The third-order valence-electron chi connectivity index (χ3n) is 4.49. The Morgan fingerprint density at radius 1 is 1.00 bits per heavy atom. The Labute approximate surface area is 146 Å². The molecule has 1 fully saturated rings. The second kappa shape index (κ2) is 7.92. The molecule has 3 rings (SSSR count). The van der Waals surface area contributed by atoms with Gasteiger partial charge in [0.2, 0.25) is 11.8 Å². The number of benzene rings is 1. The predicted molar refractivity (Wildman–Crippen MR) is 92.7 cm³/mol. The molecule has 0 atom stereocenters. The molecular formula is C18H22N4O3. The number of carbonyl (C=O) groups is 3. The highest BCUT2D eigenvalue weighted by molar-refractivity contribution is 6.39. The zero-order valence-electron chi connectivity index (χ0n) is 14.1. The number of hydrogen-bond acceptors (Lipinski definition) is 4. The van der Waals surface area contributed by atoms with Gasteiger partial charge < -0.3 is 9.80 Å². The molecule has 2 aliphatic heterocycles. The summed E-state index contributed by atoms with van der Waals surface area (Å²) in [6.45, 7) is 2.27. The molecule has 0 radical (unpaired) electrons. The van der Waals surface area contributed by atoms with Crippen LogP contribution in [0.3, 0.4) is 0 Å². The molecule has 2 aliphatic rings. The number of amides is 3. The van der Waals surface area contributed by atoms with Crippen LogP contribution in [0.5, 0.6) is 0 Å². The van der Waals surface area contributed by atoms with E-state index in [9.17, 15) is 14.4 Å². The minimum absolute atomic E-state index is 0.0859. The molecule has 0 aromatic heterocycles. The molecule has 1 aromatic rings. The quantitative estimate of drug-likeness (QED) is 0.871. The van der Waals surface area contributed by atoms with Gasteiger partial charge in [-0.1, -0.05) is 30.3 Å². The Morgan fingerprint density at radius 2 is 1.72 bits per heavy atom. The maximum atomic E-state index is 12.5. The van der Waals surface area contributed by atoms with Crippen molar-refractivity contribution in [2.24, 2.45) is 5.10 Å². The smallest absolute Gasteiger partial charge is 0.270 e. The van der Waals surface area contributed by atoms with Gasteiger partial charge in [0.25, 0.3) is 5.91 Å². The highest BCUT2D eigenvalue weighted by Gasteiger charge is 2.26. The lowest BCUT2D eigenvalue weighted by atomic mass is 10.1. The summed E-state index contributed by atoms with van der Waals surface area (Å²) in [4.78, 5) is 39.7. The number of hydrogen-bond donors (Lipinski definition) is 1. The first kappa shape index (κ1) is 17.1. The van der Waals surface area contributed by atoms with Gasteiger partial charge in [0, 0.05) is 39.0 Å². The first-order valence-electron chi connectivity index (χ1n) is 8.60. The molecule has 0 unspecified atom stereocenters. The summed E-state index contributed by atoms with van der Waals surface area (Å²) in [5.41, 5.74) is 3.75. The van der Waals surface area contributed by atoms with Crippen LogP contribution in [0.15, 0.2) is 35.4 Å². The van der Waals surface area contributed by atoms with E-state index in [1.807, 2.05) is 35.2 Å². The standard InChI is InChI=1S/C18H22N4O3/c23-16-8-7-15(19-20-16)18(25)22-10-4-9-21(11-12-22)17(24)13-14-5-2-1-3-6-14/h1-3,5-6H,4,7-13H2,(H,20,23). The van der Waals surface area contributed by atoms with E-state index in [4.69, 9.17) is 0 Å². The lowest BCUT2D eigenvalue weighted by Gasteiger charge is -2.23. The van der Waals surface area contributed by atoms with Gasteiger partial charge in [0.1, 0.15) is 5.71 Å². The predicted octanol–water partition coefficient (Wildman–Crippen LogP) is 0.556. The molecule has 132 valence electrons. The second-order valence-electron chi connectivity index (χ2n) is 6.28. The van der Waals surface area contributed by atoms with Gasteiger partial charge in [0.15, 0.2) is 0 Å². The summed E-state index contributed by atoms with van der Waals surface area (Å²) in [7, 11) is 0. The Balaban J connectivity index is 1.56. The van der Waals surface area contributed by atoms with E-state index >= 15 is 0 Å². The molecule has 0 spiro atoms. The Morgan fingerprint density at radius 3 is 2.44 bits per heavy atom. The number of nitrogens with one attached hydrogen (secondary N) is 1. The summed E-state index contributed by atoms with van der Waals surface area (Å²) >= 11 is 0. The highest BCUT2D eigenvalue weighted by atomic mass is 16.2. The molecule has 0 aliphatic carbocycles. The highest BCUT2D eigenvalue weighted by Crippen LogP contribution is 2.10. The lowest BCUT2D eigenvalue weighted by Crippen LogP contribution is -2.42. The molecule has 7 heteroatoms. The minimum Gasteiger partial charge on any atom is -0.341 e. The maximum Gasteiger partial charge on any atom is 0.270 e. The largest absolute Gasteiger partial charge is 0.341 e. The van der Waals surface area contributed by atoms with Gasteiger partial charge >= 0.3 is 0 Å². The number of hydrazone groups is 1. The van der Waals surface area contributed by atoms with Gasteiger partial charge in [-0.3, -0.25) is 14.4 Å². The molecule has 7 nitrogen and oxygen atoms in total. The van der Waals surface area contributed by atoms with Crippen LogP contribution in [-0.2, 0) is 20.8 Å². The Kier molecular flexibility index (Phi) is 5.42. The summed E-state index contributed by atoms with van der Waals surface area (Å²) in [6, 6.07) is 9.67. The molecule has 2 heterocycles. The van der Waals surface area contributed by atoms with Crippen LogP contribution in [0.1, 0.15) is 24.8 Å². The van der Waals surface area contributed by atoms with Crippen molar-refractivity contribution in [3.8, 4) is 0 Å². The minimum atomic E-state index is -0.162. The molecule has 1 saturated heterocycles. The van der Waals surface area contributed by atoms with Crippen LogP contribution in [-0.4, -0.2) is 59.4 Å². The topological polar surface area (TPSA) is 82.1 Å². The zero-order chi connectivity index (χ0) is 17.6. The fourth-order valence-corrected chi connectivity index (χ4v) is 3.06. The van der Waals surface area contributed by atoms with Gasteiger partial charge in [0.05, 0.1) is 6.42 Å². The normalized spacial score (nSPS) is 18.2. The molecular weight excluding hydrogens is 320 g/mol. The first-order chi connectivity index (χ1) is 12.1. The van der Waals surface area contributed by atoms with Crippen molar-refractivity contribution in [3.63, 3.8) is 0 Å². The fourth-order valence-electron chi connectivity index (χ4n) is 3.06. The summed E-state index contributed by atoms with van der Waals surface area (Å²) in [5.74, 6) is -0.217. The third-order valence-corrected chi connectivity index (χ3v) is 4.49. The van der Waals surface area contributed by atoms with Gasteiger partial charge in [-0.15, -0.1) is 0 Å². The van der Waals surface area contributed by atoms with Crippen molar-refractivity contribution in [2.75, 3.05) is 26.2 Å². The molecule has 1 aromatic carbocycles. The van der Waals surface area contributed by atoms with Crippen LogP contribution in [0.25, 0.3) is 0 Å². The van der Waals surface area contributed by atoms with Crippen LogP contribution in [0, 0.1) is 0 Å². The van der Waals surface area contributed by atoms with Crippen molar-refractivity contribution < 1.29 is 14.4 Å². The van der Waals surface area contributed by atoms with E-state index in [2.05, 4.69) is 10.5 Å². The van der Waals surface area contributed by atoms with E-state index in [-0.39, 0.29) is 17.7 Å². The molecule has 0 saturated carbocycles. The Hall–Kier alpha value is -2.70. The van der Waals surface area contributed by atoms with Crippen molar-refractivity contribution in [2.45, 2.75) is 25.7 Å². The SMILES string of the molecule is O=C1CCC(C(=O)N2CCCN(C(=O)Cc3ccccc3)CC2)=NN1. The summed E-state index contributed by atoms with van der Waals surface area (Å²) < 4.78 is 0. The summed E-state index contributed by atoms with van der Waals surface area (Å²) in [5, 5.41) is 3.87. The van der Waals surface area contributed by atoms with E-state index < -0.39 is 0 Å². The van der Waals surface area contributed by atoms with Crippen LogP contribution in [0.2, 0.25) is 0 Å². The number of carbonyl (C=O) groups excluding carboxylic acids is 3. The van der Waals surface area contributed by atoms with E-state index in [1.54, 1.807) is 4.90 Å². The monoisotopic (exact) mass is 342 g/mol. The summed E-state index contributed by atoms with van der Waals surface area (Å²) in [6.07, 6.45) is 1.79. The van der Waals surface area contributed by atoms with Crippen molar-refractivity contribution in [1.82, 2.24) is 15.2 Å². The zero-order valence-corrected chi connectivity index (χ0v) is 14.1. The maximum absolute atomic E-state index is 12.5. The van der Waals surface area contributed by atoms with Crippen LogP contribution < -0.4 is 5.43 Å². The average Bonchev–Trinajstić information content (AvgIpc) is 2.89. The van der Waals surface area contributed by atoms with Crippen molar-refractivity contribution >= 4 is 23.4 Å². The molecule has 25 heavy (non-hydrogen) atoms. The van der Waals surface area contributed by atoms with Gasteiger partial charge in [-0.05, 0) is 12.0 Å². The van der Waals surface area contributed by atoms with Crippen molar-refractivity contribution in [3.05, 3.63) is 35.9 Å². The van der Waals surface area contributed by atoms with Gasteiger partial charge in [-0.25, -0.2) is 5.43 Å². The van der Waals surface area contributed by atoms with Crippen LogP contribution >= 0.6 is 0 Å². The first-order valence-corrected chi connectivity index (χ1v) is 8.60. The van der Waals surface area contributed by atoms with Crippen LogP contribution in [0.4, 0.5) is 0 Å². The van der Waals surface area contributed by atoms with Gasteiger partial charge in [-0.2, -0.15) is 5.10 Å². The molecule has 0 bridgehead atoms. The van der Waals surface area contributed by atoms with Crippen molar-refractivity contribution in [1.29, 1.82) is 0 Å². The van der Waals surface area contributed by atoms with E-state index in [0.717, 1.165) is 12.0 Å². The number of rotatable bonds is 3. The second-order valence-corrected chi connectivity index (χ2v) is 6.28. The molecule has 3 amide bonds. The third kappa shape index (κ3) is 4.43. The average molecular weight is 342 g/mol. The number of nitrogens with zero attached hydrogens (tertiary/aromatic N) is 3. The Bertz CT molecular complexity index is 687. The molecule has 1 N–H and O–H groups in total. The van der Waals surface area contributed by atoms with E-state index in [1.165, 1.54) is 0 Å². The lowest BCUT2D eigenvalue weighted by molar-refractivity contribution is -0.131.